The topological polar surface area (TPSA) is 25.8 Å². The molecule has 0 aliphatic carbocycles. The van der Waals surface area contributed by atoms with E-state index in [0.29, 0.717) is 5.92 Å². The number of hydrogen-bond acceptors (Lipinski definition) is 3. The van der Waals surface area contributed by atoms with Crippen LogP contribution in [0.1, 0.15) is 37.3 Å². The van der Waals surface area contributed by atoms with Crippen LogP contribution in [0.2, 0.25) is 0 Å². The molecule has 0 radical (unpaired) electrons. The largest absolute Gasteiger partial charge is 0.231 e. The Morgan fingerprint density at radius 3 is 2.39 bits per heavy atom. The van der Waals surface area contributed by atoms with Crippen molar-refractivity contribution in [2.75, 3.05) is 0 Å². The second-order valence-electron chi connectivity index (χ2n) is 4.37. The predicted molar refractivity (Wildman–Crippen MR) is 76.7 cm³/mol. The molecule has 1 atom stereocenters. The molecule has 1 aromatic heterocycles. The molecule has 0 aliphatic heterocycles. The van der Waals surface area contributed by atoms with E-state index < -0.39 is 0 Å². The van der Waals surface area contributed by atoms with Crippen molar-refractivity contribution in [3.05, 3.63) is 53.9 Å². The number of hydrogen-bond donors (Lipinski definition) is 0. The van der Waals surface area contributed by atoms with Crippen LogP contribution in [0.4, 0.5) is 0 Å². The summed E-state index contributed by atoms with van der Waals surface area (Å²) in [5, 5.41) is 0.837. The zero-order valence-corrected chi connectivity index (χ0v) is 11.7. The fourth-order valence-electron chi connectivity index (χ4n) is 1.69. The van der Waals surface area contributed by atoms with Crippen molar-refractivity contribution in [3.63, 3.8) is 0 Å². The lowest BCUT2D eigenvalue weighted by Gasteiger charge is -2.09. The van der Waals surface area contributed by atoms with Gasteiger partial charge in [0.15, 0.2) is 5.16 Å². The van der Waals surface area contributed by atoms with Crippen LogP contribution in [0.5, 0.6) is 0 Å². The minimum Gasteiger partial charge on any atom is -0.231 e. The smallest absolute Gasteiger partial charge is 0.187 e. The highest BCUT2D eigenvalue weighted by Gasteiger charge is 2.03. The van der Waals surface area contributed by atoms with Crippen molar-refractivity contribution in [1.29, 1.82) is 0 Å². The van der Waals surface area contributed by atoms with Crippen molar-refractivity contribution < 1.29 is 0 Å². The number of rotatable bonds is 5. The van der Waals surface area contributed by atoms with Crippen LogP contribution in [0, 0.1) is 0 Å². The van der Waals surface area contributed by atoms with Crippen LogP contribution in [0.25, 0.3) is 0 Å². The number of nitrogens with zero attached hydrogens (tertiary/aromatic N) is 2. The van der Waals surface area contributed by atoms with Gasteiger partial charge in [-0.15, -0.1) is 0 Å². The van der Waals surface area contributed by atoms with E-state index >= 15 is 0 Å². The van der Waals surface area contributed by atoms with Crippen LogP contribution in [-0.2, 0) is 5.75 Å². The molecule has 0 saturated heterocycles. The van der Waals surface area contributed by atoms with Gasteiger partial charge < -0.3 is 0 Å². The van der Waals surface area contributed by atoms with Gasteiger partial charge in [0.2, 0.25) is 0 Å². The van der Waals surface area contributed by atoms with Crippen molar-refractivity contribution in [2.24, 2.45) is 0 Å². The normalized spacial score (nSPS) is 12.3. The van der Waals surface area contributed by atoms with Crippen LogP contribution < -0.4 is 0 Å². The Balaban J connectivity index is 1.94. The Morgan fingerprint density at radius 1 is 1.11 bits per heavy atom. The summed E-state index contributed by atoms with van der Waals surface area (Å²) in [7, 11) is 0. The van der Waals surface area contributed by atoms with Crippen molar-refractivity contribution in [2.45, 2.75) is 37.1 Å². The van der Waals surface area contributed by atoms with E-state index in [1.807, 2.05) is 6.07 Å². The molecule has 18 heavy (non-hydrogen) atoms. The molecule has 94 valence electrons. The lowest BCUT2D eigenvalue weighted by Crippen LogP contribution is -1.91. The van der Waals surface area contributed by atoms with Crippen LogP contribution >= 0.6 is 11.8 Å². The first kappa shape index (κ1) is 13.1. The van der Waals surface area contributed by atoms with E-state index in [-0.39, 0.29) is 0 Å². The maximum Gasteiger partial charge on any atom is 0.187 e. The third-order valence-electron chi connectivity index (χ3n) is 3.07. The molecule has 0 fully saturated rings. The number of thioether (sulfide) groups is 1. The van der Waals surface area contributed by atoms with Gasteiger partial charge in [-0.1, -0.05) is 49.9 Å². The Hall–Kier alpha value is -1.35. The Bertz CT molecular complexity index is 468. The summed E-state index contributed by atoms with van der Waals surface area (Å²) in [6.45, 7) is 4.49. The van der Waals surface area contributed by atoms with Crippen LogP contribution in [0.3, 0.4) is 0 Å². The zero-order chi connectivity index (χ0) is 12.8. The third-order valence-corrected chi connectivity index (χ3v) is 4.02. The first-order chi connectivity index (χ1) is 8.79. The summed E-state index contributed by atoms with van der Waals surface area (Å²) in [6, 6.07) is 10.7. The van der Waals surface area contributed by atoms with Crippen LogP contribution in [-0.4, -0.2) is 9.97 Å². The summed E-state index contributed by atoms with van der Waals surface area (Å²) >= 11 is 1.67. The van der Waals surface area contributed by atoms with Crippen molar-refractivity contribution in [1.82, 2.24) is 9.97 Å². The molecule has 0 amide bonds. The van der Waals surface area contributed by atoms with E-state index in [4.69, 9.17) is 0 Å². The van der Waals surface area contributed by atoms with Crippen molar-refractivity contribution in [3.8, 4) is 0 Å². The lowest BCUT2D eigenvalue weighted by atomic mass is 9.98. The third kappa shape index (κ3) is 3.57. The van der Waals surface area contributed by atoms with E-state index in [1.165, 1.54) is 17.5 Å². The Labute approximate surface area is 113 Å². The second kappa shape index (κ2) is 6.55. The highest BCUT2D eigenvalue weighted by Crippen LogP contribution is 2.22. The van der Waals surface area contributed by atoms with Gasteiger partial charge in [0.25, 0.3) is 0 Å². The van der Waals surface area contributed by atoms with Gasteiger partial charge in [-0.2, -0.15) is 0 Å². The molecule has 1 unspecified atom stereocenters. The molecule has 2 aromatic rings. The van der Waals surface area contributed by atoms with Gasteiger partial charge in [-0.3, -0.25) is 0 Å². The zero-order valence-electron chi connectivity index (χ0n) is 10.8. The molecule has 0 aliphatic rings. The van der Waals surface area contributed by atoms with E-state index in [9.17, 15) is 0 Å². The molecule has 0 bridgehead atoms. The molecule has 1 aromatic carbocycles. The van der Waals surface area contributed by atoms with Gasteiger partial charge in [-0.25, -0.2) is 9.97 Å². The quantitative estimate of drug-likeness (QED) is 0.591. The first-order valence-electron chi connectivity index (χ1n) is 6.28. The summed E-state index contributed by atoms with van der Waals surface area (Å²) < 4.78 is 0. The standard InChI is InChI=1S/C15H18N2S/c1-3-12(2)14-7-5-13(6-8-14)11-18-15-16-9-4-10-17-15/h4-10,12H,3,11H2,1-2H3. The summed E-state index contributed by atoms with van der Waals surface area (Å²) in [5.74, 6) is 1.56. The minimum atomic E-state index is 0.643. The van der Waals surface area contributed by atoms with Crippen molar-refractivity contribution >= 4 is 11.8 Å². The molecule has 2 rings (SSSR count). The van der Waals surface area contributed by atoms with E-state index in [2.05, 4.69) is 48.1 Å². The van der Waals surface area contributed by atoms with E-state index in [1.54, 1.807) is 24.2 Å². The maximum atomic E-state index is 4.20. The Kier molecular flexibility index (Phi) is 4.76. The Morgan fingerprint density at radius 2 is 1.78 bits per heavy atom. The first-order valence-corrected chi connectivity index (χ1v) is 7.26. The highest BCUT2D eigenvalue weighted by atomic mass is 32.2. The maximum absolute atomic E-state index is 4.20. The molecule has 1 heterocycles. The fraction of sp³-hybridized carbons (Fsp3) is 0.333. The average Bonchev–Trinajstić information content (AvgIpc) is 2.46. The summed E-state index contributed by atoms with van der Waals surface area (Å²) in [6.07, 6.45) is 4.74. The van der Waals surface area contributed by atoms with E-state index in [0.717, 1.165) is 10.9 Å². The summed E-state index contributed by atoms with van der Waals surface area (Å²) in [4.78, 5) is 8.41. The van der Waals surface area contributed by atoms with Gasteiger partial charge in [0, 0.05) is 18.1 Å². The van der Waals surface area contributed by atoms with Gasteiger partial charge >= 0.3 is 0 Å². The summed E-state index contributed by atoms with van der Waals surface area (Å²) in [5.41, 5.74) is 2.74. The molecule has 0 N–H and O–H groups in total. The predicted octanol–water partition coefficient (Wildman–Crippen LogP) is 4.28. The lowest BCUT2D eigenvalue weighted by molar-refractivity contribution is 0.733. The average molecular weight is 258 g/mol. The monoisotopic (exact) mass is 258 g/mol. The molecule has 0 saturated carbocycles. The molecule has 2 nitrogen and oxygen atoms in total. The minimum absolute atomic E-state index is 0.643. The van der Waals surface area contributed by atoms with Gasteiger partial charge in [0.1, 0.15) is 0 Å². The van der Waals surface area contributed by atoms with Gasteiger partial charge in [0.05, 0.1) is 0 Å². The second-order valence-corrected chi connectivity index (χ2v) is 5.31. The molecule has 3 heteroatoms. The van der Waals surface area contributed by atoms with Crippen LogP contribution in [0.15, 0.2) is 47.9 Å². The molecule has 0 spiro atoms. The number of benzene rings is 1. The fourth-order valence-corrected chi connectivity index (χ4v) is 2.44. The van der Waals surface area contributed by atoms with Gasteiger partial charge in [-0.05, 0) is 29.5 Å². The SMILES string of the molecule is CCC(C)c1ccc(CSc2ncccn2)cc1. The molecular formula is C15H18N2S. The molecular weight excluding hydrogens is 240 g/mol. The highest BCUT2D eigenvalue weighted by molar-refractivity contribution is 7.98. The number of aromatic nitrogens is 2.